The topological polar surface area (TPSA) is 66.9 Å². The zero-order valence-electron chi connectivity index (χ0n) is 9.54. The Labute approximate surface area is 122 Å². The van der Waals surface area contributed by atoms with Crippen LogP contribution in [0.1, 0.15) is 5.56 Å². The third-order valence-corrected chi connectivity index (χ3v) is 4.34. The SMILES string of the molecule is N#Cc1ccc(Sc2ccc([N+](=O)[O-])cc2Br)cc1. The van der Waals surface area contributed by atoms with Gasteiger partial charge in [0, 0.05) is 26.4 Å². The van der Waals surface area contributed by atoms with Crippen molar-refractivity contribution in [2.75, 3.05) is 0 Å². The minimum absolute atomic E-state index is 0.0519. The van der Waals surface area contributed by atoms with Gasteiger partial charge in [0.25, 0.3) is 5.69 Å². The highest BCUT2D eigenvalue weighted by Crippen LogP contribution is 2.35. The largest absolute Gasteiger partial charge is 0.270 e. The average Bonchev–Trinajstić information content (AvgIpc) is 2.41. The van der Waals surface area contributed by atoms with Crippen molar-refractivity contribution in [1.82, 2.24) is 0 Å². The van der Waals surface area contributed by atoms with Crippen molar-refractivity contribution < 1.29 is 4.92 Å². The summed E-state index contributed by atoms with van der Waals surface area (Å²) in [4.78, 5) is 12.1. The number of nitro groups is 1. The van der Waals surface area contributed by atoms with Crippen LogP contribution >= 0.6 is 27.7 Å². The number of nitrogens with zero attached hydrogens (tertiary/aromatic N) is 2. The van der Waals surface area contributed by atoms with Gasteiger partial charge < -0.3 is 0 Å². The minimum Gasteiger partial charge on any atom is -0.258 e. The standard InChI is InChI=1S/C13H7BrN2O2S/c14-12-7-10(16(17)18)3-6-13(12)19-11-4-1-9(8-15)2-5-11/h1-7H. The molecule has 0 aliphatic carbocycles. The molecule has 0 N–H and O–H groups in total. The van der Waals surface area contributed by atoms with Crippen LogP contribution in [-0.2, 0) is 0 Å². The highest BCUT2D eigenvalue weighted by molar-refractivity contribution is 9.10. The summed E-state index contributed by atoms with van der Waals surface area (Å²) >= 11 is 4.80. The normalized spacial score (nSPS) is 9.89. The molecule has 0 spiro atoms. The predicted octanol–water partition coefficient (Wildman–Crippen LogP) is 4.38. The number of hydrogen-bond acceptors (Lipinski definition) is 4. The molecule has 6 heteroatoms. The number of nitriles is 1. The van der Waals surface area contributed by atoms with E-state index in [1.165, 1.54) is 23.9 Å². The number of rotatable bonds is 3. The quantitative estimate of drug-likeness (QED) is 0.617. The lowest BCUT2D eigenvalue weighted by molar-refractivity contribution is -0.385. The van der Waals surface area contributed by atoms with Gasteiger partial charge in [-0.15, -0.1) is 0 Å². The molecule has 0 heterocycles. The van der Waals surface area contributed by atoms with Crippen LogP contribution in [0.15, 0.2) is 56.7 Å². The lowest BCUT2D eigenvalue weighted by atomic mass is 10.2. The third kappa shape index (κ3) is 3.34. The lowest BCUT2D eigenvalue weighted by Gasteiger charge is -2.04. The van der Waals surface area contributed by atoms with E-state index in [0.717, 1.165) is 9.79 Å². The van der Waals surface area contributed by atoms with Gasteiger partial charge in [-0.2, -0.15) is 5.26 Å². The van der Waals surface area contributed by atoms with Crippen LogP contribution in [0.25, 0.3) is 0 Å². The Morgan fingerprint density at radius 1 is 1.21 bits per heavy atom. The molecule has 19 heavy (non-hydrogen) atoms. The molecule has 0 aliphatic heterocycles. The van der Waals surface area contributed by atoms with E-state index in [2.05, 4.69) is 22.0 Å². The van der Waals surface area contributed by atoms with Gasteiger partial charge in [0.05, 0.1) is 16.6 Å². The van der Waals surface area contributed by atoms with Crippen molar-refractivity contribution in [1.29, 1.82) is 5.26 Å². The second-order valence-corrected chi connectivity index (χ2v) is 5.58. The van der Waals surface area contributed by atoms with Gasteiger partial charge in [0.1, 0.15) is 0 Å². The number of hydrogen-bond donors (Lipinski definition) is 0. The van der Waals surface area contributed by atoms with Crippen LogP contribution in [0.4, 0.5) is 5.69 Å². The molecule has 4 nitrogen and oxygen atoms in total. The summed E-state index contributed by atoms with van der Waals surface area (Å²) in [5.41, 5.74) is 0.656. The van der Waals surface area contributed by atoms with E-state index >= 15 is 0 Å². The lowest BCUT2D eigenvalue weighted by Crippen LogP contribution is -1.88. The Hall–Kier alpha value is -1.84. The molecular weight excluding hydrogens is 328 g/mol. The first-order valence-electron chi connectivity index (χ1n) is 5.22. The first-order chi connectivity index (χ1) is 9.10. The Kier molecular flexibility index (Phi) is 4.20. The van der Waals surface area contributed by atoms with Crippen molar-refractivity contribution in [3.63, 3.8) is 0 Å². The number of halogens is 1. The van der Waals surface area contributed by atoms with Gasteiger partial charge in [0.15, 0.2) is 0 Å². The molecule has 0 aromatic heterocycles. The van der Waals surface area contributed by atoms with Crippen molar-refractivity contribution in [3.05, 3.63) is 62.6 Å². The zero-order chi connectivity index (χ0) is 13.8. The predicted molar refractivity (Wildman–Crippen MR) is 76.1 cm³/mol. The maximum Gasteiger partial charge on any atom is 0.270 e. The smallest absolute Gasteiger partial charge is 0.258 e. The Balaban J connectivity index is 2.23. The summed E-state index contributed by atoms with van der Waals surface area (Å²) in [5.74, 6) is 0. The van der Waals surface area contributed by atoms with Crippen LogP contribution in [0.3, 0.4) is 0 Å². The average molecular weight is 335 g/mol. The van der Waals surface area contributed by atoms with Crippen LogP contribution < -0.4 is 0 Å². The first-order valence-corrected chi connectivity index (χ1v) is 6.83. The highest BCUT2D eigenvalue weighted by Gasteiger charge is 2.10. The molecule has 0 amide bonds. The molecule has 2 aromatic rings. The van der Waals surface area contributed by atoms with Crippen LogP contribution in [0, 0.1) is 21.4 Å². The summed E-state index contributed by atoms with van der Waals surface area (Å²) in [5, 5.41) is 19.4. The molecule has 0 saturated carbocycles. The summed E-state index contributed by atoms with van der Waals surface area (Å²) in [6.07, 6.45) is 0. The molecule has 0 saturated heterocycles. The minimum atomic E-state index is -0.430. The Bertz CT molecular complexity index is 665. The van der Waals surface area contributed by atoms with Gasteiger partial charge in [0.2, 0.25) is 0 Å². The first kappa shape index (κ1) is 13.6. The van der Waals surface area contributed by atoms with Crippen molar-refractivity contribution in [3.8, 4) is 6.07 Å². The van der Waals surface area contributed by atoms with E-state index < -0.39 is 4.92 Å². The second kappa shape index (κ2) is 5.87. The van der Waals surface area contributed by atoms with Gasteiger partial charge in [-0.3, -0.25) is 10.1 Å². The molecule has 2 rings (SSSR count). The maximum absolute atomic E-state index is 10.6. The van der Waals surface area contributed by atoms with Gasteiger partial charge in [-0.1, -0.05) is 11.8 Å². The fraction of sp³-hybridized carbons (Fsp3) is 0. The second-order valence-electron chi connectivity index (χ2n) is 3.61. The summed E-state index contributed by atoms with van der Waals surface area (Å²) in [6.45, 7) is 0. The summed E-state index contributed by atoms with van der Waals surface area (Å²) in [7, 11) is 0. The van der Waals surface area contributed by atoms with E-state index in [9.17, 15) is 10.1 Å². The van der Waals surface area contributed by atoms with Crippen molar-refractivity contribution >= 4 is 33.4 Å². The highest BCUT2D eigenvalue weighted by atomic mass is 79.9. The van der Waals surface area contributed by atoms with Crippen LogP contribution in [0.2, 0.25) is 0 Å². The van der Waals surface area contributed by atoms with Gasteiger partial charge >= 0.3 is 0 Å². The molecule has 0 atom stereocenters. The Morgan fingerprint density at radius 2 is 1.89 bits per heavy atom. The van der Waals surface area contributed by atoms with Crippen molar-refractivity contribution in [2.24, 2.45) is 0 Å². The van der Waals surface area contributed by atoms with Gasteiger partial charge in [-0.05, 0) is 46.3 Å². The number of benzene rings is 2. The van der Waals surface area contributed by atoms with Crippen LogP contribution in [0.5, 0.6) is 0 Å². The maximum atomic E-state index is 10.6. The third-order valence-electron chi connectivity index (χ3n) is 2.34. The fourth-order valence-corrected chi connectivity index (χ4v) is 2.84. The number of nitro benzene ring substituents is 1. The Morgan fingerprint density at radius 3 is 2.42 bits per heavy atom. The molecule has 0 unspecified atom stereocenters. The molecule has 2 aromatic carbocycles. The molecular formula is C13H7BrN2O2S. The molecule has 0 aliphatic rings. The van der Waals surface area contributed by atoms with Crippen LogP contribution in [-0.4, -0.2) is 4.92 Å². The van der Waals surface area contributed by atoms with Crippen molar-refractivity contribution in [2.45, 2.75) is 9.79 Å². The number of non-ortho nitro benzene ring substituents is 1. The molecule has 0 radical (unpaired) electrons. The zero-order valence-corrected chi connectivity index (χ0v) is 11.9. The molecule has 0 fully saturated rings. The van der Waals surface area contributed by atoms with Gasteiger partial charge in [-0.25, -0.2) is 0 Å². The monoisotopic (exact) mass is 334 g/mol. The molecule has 0 bridgehead atoms. The van der Waals surface area contributed by atoms with E-state index in [-0.39, 0.29) is 5.69 Å². The van der Waals surface area contributed by atoms with E-state index in [1.807, 2.05) is 12.1 Å². The molecule has 94 valence electrons. The van der Waals surface area contributed by atoms with E-state index in [4.69, 9.17) is 5.26 Å². The summed E-state index contributed by atoms with van der Waals surface area (Å²) in [6, 6.07) is 13.9. The van der Waals surface area contributed by atoms with E-state index in [1.54, 1.807) is 18.2 Å². The van der Waals surface area contributed by atoms with E-state index in [0.29, 0.717) is 10.0 Å². The summed E-state index contributed by atoms with van der Waals surface area (Å²) < 4.78 is 0.677. The fourth-order valence-electron chi connectivity index (χ4n) is 1.41.